The third-order valence-corrected chi connectivity index (χ3v) is 3.73. The first-order valence-corrected chi connectivity index (χ1v) is 7.05. The number of rotatable bonds is 6. The van der Waals surface area contributed by atoms with E-state index in [0.29, 0.717) is 6.61 Å². The van der Waals surface area contributed by atoms with Crippen LogP contribution in [0.1, 0.15) is 24.0 Å². The maximum atomic E-state index is 6.31. The lowest BCUT2D eigenvalue weighted by Crippen LogP contribution is -2.15. The Balaban J connectivity index is 1.80. The smallest absolute Gasteiger partial charge is 0.137 e. The van der Waals surface area contributed by atoms with Gasteiger partial charge in [0.25, 0.3) is 0 Å². The first-order valence-electron chi connectivity index (χ1n) is 6.62. The molecule has 0 N–H and O–H groups in total. The van der Waals surface area contributed by atoms with Crippen LogP contribution < -0.4 is 0 Å². The summed E-state index contributed by atoms with van der Waals surface area (Å²) in [7, 11) is 0. The van der Waals surface area contributed by atoms with Gasteiger partial charge in [-0.1, -0.05) is 79.2 Å². The van der Waals surface area contributed by atoms with Crippen LogP contribution in [0.2, 0.25) is 0 Å². The summed E-state index contributed by atoms with van der Waals surface area (Å²) < 4.78 is 5.73. The lowest BCUT2D eigenvalue weighted by Gasteiger charge is -2.19. The lowest BCUT2D eigenvalue weighted by atomic mass is 10.0. The maximum Gasteiger partial charge on any atom is 0.137 e. The molecular weight excluding hydrogens is 256 g/mol. The lowest BCUT2D eigenvalue weighted by molar-refractivity contribution is 0.0954. The molecule has 0 amide bonds. The van der Waals surface area contributed by atoms with E-state index in [2.05, 4.69) is 31.2 Å². The highest BCUT2D eigenvalue weighted by Crippen LogP contribution is 2.24. The molecule has 2 atom stereocenters. The van der Waals surface area contributed by atoms with Gasteiger partial charge in [0, 0.05) is 5.92 Å². The first kappa shape index (κ1) is 14.1. The number of halogens is 1. The van der Waals surface area contributed by atoms with Crippen LogP contribution in [0.25, 0.3) is 0 Å². The van der Waals surface area contributed by atoms with Gasteiger partial charge in [-0.3, -0.25) is 0 Å². The van der Waals surface area contributed by atoms with Gasteiger partial charge in [-0.15, -0.1) is 0 Å². The van der Waals surface area contributed by atoms with Crippen molar-refractivity contribution in [2.45, 2.75) is 24.8 Å². The molecule has 19 heavy (non-hydrogen) atoms. The summed E-state index contributed by atoms with van der Waals surface area (Å²) in [5.74, 6) is 0.193. The minimum Gasteiger partial charge on any atom is -0.362 e. The largest absolute Gasteiger partial charge is 0.362 e. The standard InChI is InChI=1S/C17H19ClO/c1-14(16-10-6-3-7-11-16)17(18)19-13-12-15-8-4-2-5-9-15/h2-11,14,17H,12-13H2,1H3. The summed E-state index contributed by atoms with van der Waals surface area (Å²) in [4.78, 5) is 0. The molecule has 1 nitrogen and oxygen atoms in total. The van der Waals surface area contributed by atoms with Crippen LogP contribution in [0.15, 0.2) is 60.7 Å². The van der Waals surface area contributed by atoms with Crippen molar-refractivity contribution in [1.82, 2.24) is 0 Å². The molecule has 0 bridgehead atoms. The average molecular weight is 275 g/mol. The molecule has 2 heteroatoms. The van der Waals surface area contributed by atoms with E-state index >= 15 is 0 Å². The van der Waals surface area contributed by atoms with E-state index < -0.39 is 0 Å². The van der Waals surface area contributed by atoms with Crippen LogP contribution in [0.4, 0.5) is 0 Å². The number of hydrogen-bond donors (Lipinski definition) is 0. The second kappa shape index (κ2) is 7.32. The number of hydrogen-bond acceptors (Lipinski definition) is 1. The summed E-state index contributed by atoms with van der Waals surface area (Å²) in [6.07, 6.45) is 0.894. The molecule has 0 spiro atoms. The fourth-order valence-electron chi connectivity index (χ4n) is 1.99. The maximum absolute atomic E-state index is 6.31. The minimum absolute atomic E-state index is 0.193. The molecule has 0 saturated carbocycles. The molecule has 0 aliphatic rings. The SMILES string of the molecule is CC(c1ccccc1)C(Cl)OCCc1ccccc1. The molecule has 0 aromatic heterocycles. The zero-order valence-electron chi connectivity index (χ0n) is 11.1. The van der Waals surface area contributed by atoms with Crippen LogP contribution in [-0.4, -0.2) is 12.2 Å². The van der Waals surface area contributed by atoms with Gasteiger partial charge in [0.1, 0.15) is 5.56 Å². The number of alkyl halides is 1. The quantitative estimate of drug-likeness (QED) is 0.699. The minimum atomic E-state index is -0.286. The fraction of sp³-hybridized carbons (Fsp3) is 0.294. The van der Waals surface area contributed by atoms with Crippen molar-refractivity contribution >= 4 is 11.6 Å². The summed E-state index contributed by atoms with van der Waals surface area (Å²) >= 11 is 6.31. The normalized spacial score (nSPS) is 14.0. The first-order chi connectivity index (χ1) is 9.27. The van der Waals surface area contributed by atoms with Crippen molar-refractivity contribution in [3.63, 3.8) is 0 Å². The Hall–Kier alpha value is -1.31. The van der Waals surface area contributed by atoms with E-state index in [1.807, 2.05) is 36.4 Å². The van der Waals surface area contributed by atoms with Crippen LogP contribution in [0.5, 0.6) is 0 Å². The van der Waals surface area contributed by atoms with Gasteiger partial charge in [-0.25, -0.2) is 0 Å². The van der Waals surface area contributed by atoms with E-state index in [1.54, 1.807) is 0 Å². The van der Waals surface area contributed by atoms with Crippen molar-refractivity contribution in [2.75, 3.05) is 6.61 Å². The molecule has 0 radical (unpaired) electrons. The van der Waals surface area contributed by atoms with E-state index in [9.17, 15) is 0 Å². The molecule has 100 valence electrons. The van der Waals surface area contributed by atoms with Crippen LogP contribution in [-0.2, 0) is 11.2 Å². The Labute approximate surface area is 120 Å². The van der Waals surface area contributed by atoms with Crippen LogP contribution >= 0.6 is 11.6 Å². The highest BCUT2D eigenvalue weighted by atomic mass is 35.5. The Kier molecular flexibility index (Phi) is 5.44. The molecule has 0 aliphatic heterocycles. The third-order valence-electron chi connectivity index (χ3n) is 3.23. The third kappa shape index (κ3) is 4.38. The van der Waals surface area contributed by atoms with Crippen molar-refractivity contribution in [1.29, 1.82) is 0 Å². The second-order valence-electron chi connectivity index (χ2n) is 4.66. The Morgan fingerprint density at radius 1 is 0.947 bits per heavy atom. The van der Waals surface area contributed by atoms with Crippen molar-refractivity contribution < 1.29 is 4.74 Å². The molecule has 0 saturated heterocycles. The predicted molar refractivity (Wildman–Crippen MR) is 80.6 cm³/mol. The van der Waals surface area contributed by atoms with E-state index in [0.717, 1.165) is 6.42 Å². The van der Waals surface area contributed by atoms with Gasteiger partial charge in [-0.2, -0.15) is 0 Å². The topological polar surface area (TPSA) is 9.23 Å². The van der Waals surface area contributed by atoms with Gasteiger partial charge in [-0.05, 0) is 17.5 Å². The Morgan fingerprint density at radius 2 is 1.53 bits per heavy atom. The van der Waals surface area contributed by atoms with Crippen LogP contribution in [0, 0.1) is 0 Å². The predicted octanol–water partition coefficient (Wildman–Crippen LogP) is 4.61. The van der Waals surface area contributed by atoms with E-state index in [1.165, 1.54) is 11.1 Å². The number of ether oxygens (including phenoxy) is 1. The monoisotopic (exact) mass is 274 g/mol. The zero-order valence-corrected chi connectivity index (χ0v) is 11.9. The molecule has 2 rings (SSSR count). The molecule has 2 aromatic rings. The average Bonchev–Trinajstić information content (AvgIpc) is 2.48. The van der Waals surface area contributed by atoms with Gasteiger partial charge in [0.15, 0.2) is 0 Å². The van der Waals surface area contributed by atoms with Gasteiger partial charge >= 0.3 is 0 Å². The van der Waals surface area contributed by atoms with Crippen molar-refractivity contribution in [2.24, 2.45) is 0 Å². The summed E-state index contributed by atoms with van der Waals surface area (Å²) in [6, 6.07) is 20.5. The van der Waals surface area contributed by atoms with Crippen molar-refractivity contribution in [3.05, 3.63) is 71.8 Å². The molecule has 0 aliphatic carbocycles. The Bertz CT molecular complexity index is 469. The highest BCUT2D eigenvalue weighted by molar-refractivity contribution is 6.20. The fourth-order valence-corrected chi connectivity index (χ4v) is 2.22. The summed E-state index contributed by atoms with van der Waals surface area (Å²) in [5, 5.41) is 0. The summed E-state index contributed by atoms with van der Waals surface area (Å²) in [6.45, 7) is 2.74. The van der Waals surface area contributed by atoms with Gasteiger partial charge in [0.2, 0.25) is 0 Å². The Morgan fingerprint density at radius 3 is 2.16 bits per heavy atom. The molecular formula is C17H19ClO. The van der Waals surface area contributed by atoms with Crippen molar-refractivity contribution in [3.8, 4) is 0 Å². The van der Waals surface area contributed by atoms with Gasteiger partial charge < -0.3 is 4.74 Å². The number of benzene rings is 2. The van der Waals surface area contributed by atoms with E-state index in [4.69, 9.17) is 16.3 Å². The van der Waals surface area contributed by atoms with Gasteiger partial charge in [0.05, 0.1) is 6.61 Å². The second-order valence-corrected chi connectivity index (χ2v) is 5.09. The van der Waals surface area contributed by atoms with Crippen LogP contribution in [0.3, 0.4) is 0 Å². The zero-order chi connectivity index (χ0) is 13.5. The molecule has 0 heterocycles. The molecule has 2 aromatic carbocycles. The molecule has 2 unspecified atom stereocenters. The highest BCUT2D eigenvalue weighted by Gasteiger charge is 2.16. The van der Waals surface area contributed by atoms with E-state index in [-0.39, 0.29) is 11.5 Å². The molecule has 0 fully saturated rings. The summed E-state index contributed by atoms with van der Waals surface area (Å²) in [5.41, 5.74) is 2.20.